The Bertz CT molecular complexity index is 924. The summed E-state index contributed by atoms with van der Waals surface area (Å²) < 4.78 is 7.04. The Morgan fingerprint density at radius 3 is 2.96 bits per heavy atom. The Labute approximate surface area is 157 Å². The Kier molecular flexibility index (Phi) is 4.46. The summed E-state index contributed by atoms with van der Waals surface area (Å²) in [6.45, 7) is 8.31. The largest absolute Gasteiger partial charge is 0.444 e. The number of ether oxygens (including phenoxy) is 1. The molecule has 1 amide bonds. The lowest BCUT2D eigenvalue weighted by Crippen LogP contribution is -2.42. The number of amides is 1. The highest BCUT2D eigenvalue weighted by atomic mass is 16.6. The van der Waals surface area contributed by atoms with Gasteiger partial charge in [-0.2, -0.15) is 0 Å². The number of carbonyl (C=O) groups is 1. The SMILES string of the molecule is CC(C)(C)OC(=O)N1CCCC(c2cc3nc4c(c(=O)n3[nH]2)CNCC4)C1. The minimum atomic E-state index is -0.504. The molecule has 2 N–H and O–H groups in total. The van der Waals surface area contributed by atoms with Crippen LogP contribution in [-0.2, 0) is 17.7 Å². The van der Waals surface area contributed by atoms with E-state index >= 15 is 0 Å². The van der Waals surface area contributed by atoms with Gasteiger partial charge in [0.2, 0.25) is 0 Å². The standard InChI is InChI=1S/C19H27N5O3/c1-19(2,3)27-18(26)23-8-4-5-12(11-23)15-9-16-21-14-6-7-20-10-13(14)17(25)24(16)22-15/h9,12,20,22H,4-8,10-11H2,1-3H3. The number of likely N-dealkylation sites (tertiary alicyclic amines) is 1. The van der Waals surface area contributed by atoms with E-state index in [4.69, 9.17) is 4.74 Å². The number of H-pyrrole nitrogens is 1. The molecule has 1 saturated heterocycles. The Morgan fingerprint density at radius 1 is 1.37 bits per heavy atom. The van der Waals surface area contributed by atoms with Gasteiger partial charge >= 0.3 is 6.09 Å². The zero-order valence-corrected chi connectivity index (χ0v) is 16.2. The molecule has 1 fully saturated rings. The number of aromatic nitrogens is 3. The summed E-state index contributed by atoms with van der Waals surface area (Å²) >= 11 is 0. The molecule has 2 aliphatic rings. The number of piperidine rings is 1. The highest BCUT2D eigenvalue weighted by Crippen LogP contribution is 2.27. The fraction of sp³-hybridized carbons (Fsp3) is 0.632. The van der Waals surface area contributed by atoms with Gasteiger partial charge in [-0.05, 0) is 33.6 Å². The molecule has 0 spiro atoms. The number of hydrogen-bond acceptors (Lipinski definition) is 5. The maximum atomic E-state index is 12.8. The molecule has 1 unspecified atom stereocenters. The van der Waals surface area contributed by atoms with Crippen molar-refractivity contribution in [2.24, 2.45) is 0 Å². The maximum Gasteiger partial charge on any atom is 0.410 e. The Balaban J connectivity index is 1.59. The maximum absolute atomic E-state index is 12.8. The molecule has 0 aliphatic carbocycles. The zero-order chi connectivity index (χ0) is 19.2. The third-order valence-corrected chi connectivity index (χ3v) is 5.17. The smallest absolute Gasteiger partial charge is 0.410 e. The van der Waals surface area contributed by atoms with Crippen LogP contribution in [0.4, 0.5) is 4.79 Å². The van der Waals surface area contributed by atoms with Crippen molar-refractivity contribution >= 4 is 11.7 Å². The summed E-state index contributed by atoms with van der Waals surface area (Å²) in [5, 5.41) is 6.45. The van der Waals surface area contributed by atoms with Crippen LogP contribution < -0.4 is 10.9 Å². The molecule has 4 heterocycles. The molecule has 0 radical (unpaired) electrons. The first-order valence-corrected chi connectivity index (χ1v) is 9.64. The van der Waals surface area contributed by atoms with E-state index in [1.54, 1.807) is 4.90 Å². The zero-order valence-electron chi connectivity index (χ0n) is 16.2. The van der Waals surface area contributed by atoms with Crippen molar-refractivity contribution in [3.8, 4) is 0 Å². The van der Waals surface area contributed by atoms with Crippen molar-refractivity contribution in [1.82, 2.24) is 24.8 Å². The molecule has 2 aliphatic heterocycles. The second-order valence-corrected chi connectivity index (χ2v) is 8.44. The summed E-state index contributed by atoms with van der Waals surface area (Å²) in [7, 11) is 0. The van der Waals surface area contributed by atoms with E-state index in [0.717, 1.165) is 42.8 Å². The monoisotopic (exact) mass is 373 g/mol. The molecule has 1 atom stereocenters. The Hall–Kier alpha value is -2.35. The van der Waals surface area contributed by atoms with Crippen molar-refractivity contribution in [2.45, 2.75) is 58.1 Å². The predicted molar refractivity (Wildman–Crippen MR) is 101 cm³/mol. The highest BCUT2D eigenvalue weighted by molar-refractivity contribution is 5.68. The van der Waals surface area contributed by atoms with E-state index in [1.807, 2.05) is 26.8 Å². The number of fused-ring (bicyclic) bond motifs is 2. The number of rotatable bonds is 1. The van der Waals surface area contributed by atoms with Crippen LogP contribution in [0.15, 0.2) is 10.9 Å². The van der Waals surface area contributed by atoms with Gasteiger partial charge in [-0.1, -0.05) is 0 Å². The predicted octanol–water partition coefficient (Wildman–Crippen LogP) is 1.78. The summed E-state index contributed by atoms with van der Waals surface area (Å²) in [4.78, 5) is 31.6. The van der Waals surface area contributed by atoms with Crippen LogP contribution in [0.3, 0.4) is 0 Å². The number of carbonyl (C=O) groups excluding carboxylic acids is 1. The summed E-state index contributed by atoms with van der Waals surface area (Å²) in [6, 6.07) is 1.95. The third-order valence-electron chi connectivity index (χ3n) is 5.17. The molecular weight excluding hydrogens is 346 g/mol. The molecule has 27 heavy (non-hydrogen) atoms. The number of nitrogens with zero attached hydrogens (tertiary/aromatic N) is 3. The van der Waals surface area contributed by atoms with Gasteiger partial charge in [0, 0.05) is 50.3 Å². The molecule has 0 bridgehead atoms. The van der Waals surface area contributed by atoms with Crippen LogP contribution in [-0.4, -0.2) is 50.8 Å². The number of aromatic amines is 1. The molecule has 8 heteroatoms. The molecule has 2 aromatic heterocycles. The van der Waals surface area contributed by atoms with Crippen molar-refractivity contribution in [3.63, 3.8) is 0 Å². The number of hydrogen-bond donors (Lipinski definition) is 2. The fourth-order valence-electron chi connectivity index (χ4n) is 3.86. The molecular formula is C19H27N5O3. The van der Waals surface area contributed by atoms with Gasteiger partial charge in [0.25, 0.3) is 5.56 Å². The van der Waals surface area contributed by atoms with Crippen molar-refractivity contribution in [2.75, 3.05) is 19.6 Å². The molecule has 146 valence electrons. The lowest BCUT2D eigenvalue weighted by atomic mass is 9.95. The van der Waals surface area contributed by atoms with Crippen LogP contribution in [0.5, 0.6) is 0 Å². The first kappa shape index (κ1) is 18.0. The lowest BCUT2D eigenvalue weighted by Gasteiger charge is -2.33. The van der Waals surface area contributed by atoms with E-state index in [9.17, 15) is 9.59 Å². The van der Waals surface area contributed by atoms with E-state index < -0.39 is 5.60 Å². The van der Waals surface area contributed by atoms with Crippen LogP contribution in [0.2, 0.25) is 0 Å². The lowest BCUT2D eigenvalue weighted by molar-refractivity contribution is 0.0197. The first-order chi connectivity index (χ1) is 12.8. The second-order valence-electron chi connectivity index (χ2n) is 8.44. The summed E-state index contributed by atoms with van der Waals surface area (Å²) in [5.41, 5.74) is 2.70. The molecule has 8 nitrogen and oxygen atoms in total. The topological polar surface area (TPSA) is 91.7 Å². The molecule has 4 rings (SSSR count). The van der Waals surface area contributed by atoms with Gasteiger partial charge in [0.15, 0.2) is 5.65 Å². The van der Waals surface area contributed by atoms with Crippen molar-refractivity contribution in [1.29, 1.82) is 0 Å². The Morgan fingerprint density at radius 2 is 2.19 bits per heavy atom. The summed E-state index contributed by atoms with van der Waals surface area (Å²) in [6.07, 6.45) is 2.36. The quantitative estimate of drug-likeness (QED) is 0.795. The minimum absolute atomic E-state index is 0.0340. The number of nitrogens with one attached hydrogen (secondary N) is 2. The van der Waals surface area contributed by atoms with Crippen molar-refractivity contribution in [3.05, 3.63) is 33.4 Å². The molecule has 2 aromatic rings. The van der Waals surface area contributed by atoms with E-state index in [2.05, 4.69) is 15.4 Å². The van der Waals surface area contributed by atoms with Crippen LogP contribution >= 0.6 is 0 Å². The van der Waals surface area contributed by atoms with Crippen molar-refractivity contribution < 1.29 is 9.53 Å². The van der Waals surface area contributed by atoms with E-state index in [-0.39, 0.29) is 17.6 Å². The van der Waals surface area contributed by atoms with Gasteiger partial charge in [-0.15, -0.1) is 0 Å². The molecule has 0 aromatic carbocycles. The fourth-order valence-corrected chi connectivity index (χ4v) is 3.86. The van der Waals surface area contributed by atoms with Gasteiger partial charge in [-0.25, -0.2) is 14.3 Å². The summed E-state index contributed by atoms with van der Waals surface area (Å²) in [5.74, 6) is 0.141. The van der Waals surface area contributed by atoms with Gasteiger partial charge in [-0.3, -0.25) is 9.89 Å². The van der Waals surface area contributed by atoms with Crippen LogP contribution in [0.1, 0.15) is 56.5 Å². The van der Waals surface area contributed by atoms with E-state index in [0.29, 0.717) is 25.3 Å². The van der Waals surface area contributed by atoms with Gasteiger partial charge in [0.1, 0.15) is 5.60 Å². The first-order valence-electron chi connectivity index (χ1n) is 9.64. The van der Waals surface area contributed by atoms with Crippen LogP contribution in [0, 0.1) is 0 Å². The highest BCUT2D eigenvalue weighted by Gasteiger charge is 2.29. The average molecular weight is 373 g/mol. The normalized spacial score (nSPS) is 20.6. The third kappa shape index (κ3) is 3.58. The van der Waals surface area contributed by atoms with Gasteiger partial charge in [0.05, 0.1) is 11.3 Å². The minimum Gasteiger partial charge on any atom is -0.444 e. The van der Waals surface area contributed by atoms with E-state index in [1.165, 1.54) is 4.52 Å². The van der Waals surface area contributed by atoms with Gasteiger partial charge < -0.3 is 15.0 Å². The second kappa shape index (κ2) is 6.67. The average Bonchev–Trinajstić information content (AvgIpc) is 3.05. The van der Waals surface area contributed by atoms with Crippen LogP contribution in [0.25, 0.3) is 5.65 Å². The molecule has 0 saturated carbocycles.